The van der Waals surface area contributed by atoms with Crippen molar-refractivity contribution in [3.05, 3.63) is 83.2 Å². The third kappa shape index (κ3) is 4.86. The van der Waals surface area contributed by atoms with Crippen LogP contribution in [-0.2, 0) is 10.6 Å². The molecule has 0 N–H and O–H groups in total. The number of rotatable bonds is 8. The lowest BCUT2D eigenvalue weighted by Crippen LogP contribution is -2.44. The molecule has 0 aliphatic carbocycles. The molecule has 4 rings (SSSR count). The Labute approximate surface area is 206 Å². The van der Waals surface area contributed by atoms with E-state index in [9.17, 15) is 13.2 Å². The number of nitrogens with zero attached hydrogens (tertiary/aromatic N) is 4. The van der Waals surface area contributed by atoms with Crippen LogP contribution in [-0.4, -0.2) is 39.8 Å². The van der Waals surface area contributed by atoms with Crippen molar-refractivity contribution in [1.29, 1.82) is 0 Å². The minimum absolute atomic E-state index is 0.0947. The number of imidazole rings is 1. The van der Waals surface area contributed by atoms with Crippen LogP contribution in [0.3, 0.4) is 0 Å². The van der Waals surface area contributed by atoms with E-state index in [1.807, 2.05) is 42.0 Å². The Bertz CT molecular complexity index is 1270. The number of ether oxygens (including phenoxy) is 1. The number of halogens is 4. The highest BCUT2D eigenvalue weighted by Gasteiger charge is 2.43. The summed E-state index contributed by atoms with van der Waals surface area (Å²) in [6.07, 6.45) is 7.72. The molecule has 0 radical (unpaired) electrons. The zero-order chi connectivity index (χ0) is 25.2. The minimum atomic E-state index is -1.54. The fourth-order valence-corrected chi connectivity index (χ4v) is 4.01. The van der Waals surface area contributed by atoms with E-state index in [4.69, 9.17) is 21.2 Å². The lowest BCUT2D eigenvalue weighted by Gasteiger charge is -2.34. The van der Waals surface area contributed by atoms with Gasteiger partial charge in [-0.25, -0.2) is 18.2 Å². The van der Waals surface area contributed by atoms with E-state index < -0.39 is 23.2 Å². The molecular weight excluding hydrogens is 481 g/mol. The zero-order valence-electron chi connectivity index (χ0n) is 19.4. The van der Waals surface area contributed by atoms with Crippen molar-refractivity contribution < 1.29 is 22.7 Å². The number of alkyl halides is 1. The summed E-state index contributed by atoms with van der Waals surface area (Å²) < 4.78 is 48.9. The SMILES string of the molecule is COc1cc(/C=C/C2=NOC(C)(c3cc(F)c(F)c(F)c3)N2CCCCl)ccc1-n1cnc(C)c1. The number of oxime groups is 1. The molecule has 0 spiro atoms. The molecule has 2 aromatic carbocycles. The van der Waals surface area contributed by atoms with Crippen LogP contribution in [0.4, 0.5) is 13.2 Å². The Morgan fingerprint density at radius 1 is 1.14 bits per heavy atom. The molecule has 0 fully saturated rings. The molecule has 0 saturated heterocycles. The molecule has 6 nitrogen and oxygen atoms in total. The van der Waals surface area contributed by atoms with Gasteiger partial charge in [-0.05, 0) is 49.2 Å². The van der Waals surface area contributed by atoms with Crippen LogP contribution in [0.25, 0.3) is 11.8 Å². The van der Waals surface area contributed by atoms with Gasteiger partial charge in [-0.15, -0.1) is 11.6 Å². The summed E-state index contributed by atoms with van der Waals surface area (Å²) in [5, 5.41) is 4.14. The molecule has 1 unspecified atom stereocenters. The number of hydrogen-bond acceptors (Lipinski definition) is 5. The van der Waals surface area contributed by atoms with Crippen molar-refractivity contribution in [3.63, 3.8) is 0 Å². The second-order valence-electron chi connectivity index (χ2n) is 8.16. The highest BCUT2D eigenvalue weighted by molar-refractivity contribution is 6.17. The topological polar surface area (TPSA) is 51.9 Å². The second kappa shape index (κ2) is 10.0. The maximum absolute atomic E-state index is 14.0. The highest BCUT2D eigenvalue weighted by atomic mass is 35.5. The first-order chi connectivity index (χ1) is 16.8. The highest BCUT2D eigenvalue weighted by Crippen LogP contribution is 2.37. The van der Waals surface area contributed by atoms with E-state index in [0.717, 1.165) is 29.1 Å². The van der Waals surface area contributed by atoms with Gasteiger partial charge in [0, 0.05) is 31.1 Å². The van der Waals surface area contributed by atoms with Crippen LogP contribution >= 0.6 is 11.6 Å². The zero-order valence-corrected chi connectivity index (χ0v) is 20.2. The molecule has 35 heavy (non-hydrogen) atoms. The van der Waals surface area contributed by atoms with E-state index >= 15 is 0 Å². The summed E-state index contributed by atoms with van der Waals surface area (Å²) in [5.41, 5.74) is 1.30. The van der Waals surface area contributed by atoms with Gasteiger partial charge in [0.2, 0.25) is 5.72 Å². The van der Waals surface area contributed by atoms with Crippen LogP contribution in [0.5, 0.6) is 5.75 Å². The number of aromatic nitrogens is 2. The van der Waals surface area contributed by atoms with Gasteiger partial charge < -0.3 is 19.0 Å². The molecule has 1 atom stereocenters. The molecule has 184 valence electrons. The summed E-state index contributed by atoms with van der Waals surface area (Å²) in [6.45, 7) is 3.91. The predicted octanol–water partition coefficient (Wildman–Crippen LogP) is 5.77. The smallest absolute Gasteiger partial charge is 0.234 e. The van der Waals surface area contributed by atoms with Gasteiger partial charge in [0.05, 0.1) is 24.8 Å². The molecule has 3 aromatic rings. The summed E-state index contributed by atoms with van der Waals surface area (Å²) in [6, 6.07) is 7.51. The normalized spacial score (nSPS) is 17.7. The Balaban J connectivity index is 1.62. The first-order valence-electron chi connectivity index (χ1n) is 10.9. The summed E-state index contributed by atoms with van der Waals surface area (Å²) in [7, 11) is 1.59. The third-order valence-electron chi connectivity index (χ3n) is 5.76. The lowest BCUT2D eigenvalue weighted by molar-refractivity contribution is -0.0905. The Morgan fingerprint density at radius 3 is 2.51 bits per heavy atom. The average molecular weight is 505 g/mol. The van der Waals surface area contributed by atoms with Gasteiger partial charge in [0.15, 0.2) is 23.3 Å². The molecule has 1 aliphatic heterocycles. The van der Waals surface area contributed by atoms with Crippen molar-refractivity contribution in [2.75, 3.05) is 19.5 Å². The largest absolute Gasteiger partial charge is 0.495 e. The molecule has 2 heterocycles. The lowest BCUT2D eigenvalue weighted by atomic mass is 10.0. The predicted molar refractivity (Wildman–Crippen MR) is 128 cm³/mol. The average Bonchev–Trinajstić information content (AvgIpc) is 3.42. The molecule has 1 aliphatic rings. The molecular formula is C25H24ClF3N4O2. The van der Waals surface area contributed by atoms with Gasteiger partial charge in [0.1, 0.15) is 5.75 Å². The van der Waals surface area contributed by atoms with Crippen LogP contribution in [0.1, 0.15) is 30.2 Å². The summed E-state index contributed by atoms with van der Waals surface area (Å²) in [5.74, 6) is -2.70. The maximum atomic E-state index is 14.0. The molecule has 10 heteroatoms. The Kier molecular flexibility index (Phi) is 7.07. The van der Waals surface area contributed by atoms with E-state index in [2.05, 4.69) is 10.1 Å². The van der Waals surface area contributed by atoms with Gasteiger partial charge in [-0.1, -0.05) is 17.3 Å². The number of amidine groups is 1. The maximum Gasteiger partial charge on any atom is 0.234 e. The number of aryl methyl sites for hydroxylation is 1. The summed E-state index contributed by atoms with van der Waals surface area (Å²) in [4.78, 5) is 11.6. The van der Waals surface area contributed by atoms with Crippen LogP contribution in [0.15, 0.2) is 54.1 Å². The van der Waals surface area contributed by atoms with Crippen molar-refractivity contribution >= 4 is 23.5 Å². The molecule has 0 bridgehead atoms. The molecule has 0 amide bonds. The number of benzene rings is 2. The third-order valence-corrected chi connectivity index (χ3v) is 6.03. The molecule has 1 aromatic heterocycles. The first kappa shape index (κ1) is 24.7. The van der Waals surface area contributed by atoms with E-state index in [0.29, 0.717) is 30.4 Å². The first-order valence-corrected chi connectivity index (χ1v) is 11.4. The van der Waals surface area contributed by atoms with E-state index in [-0.39, 0.29) is 5.56 Å². The van der Waals surface area contributed by atoms with Crippen molar-refractivity contribution in [2.45, 2.75) is 26.0 Å². The standard InChI is InChI=1S/C25H24ClF3N4O2/c1-16-14-32(15-30-16)21-7-5-17(11-22(21)34-3)6-8-23-31-35-25(2,33(23)10-4-9-26)18-12-19(27)24(29)20(28)13-18/h5-8,11-15H,4,9-10H2,1-3H3/b8-6+. The fourth-order valence-electron chi connectivity index (χ4n) is 3.89. The van der Waals surface area contributed by atoms with E-state index in [1.54, 1.807) is 31.3 Å². The van der Waals surface area contributed by atoms with Crippen LogP contribution in [0, 0.1) is 24.4 Å². The van der Waals surface area contributed by atoms with Gasteiger partial charge in [-0.2, -0.15) is 0 Å². The van der Waals surface area contributed by atoms with Gasteiger partial charge >= 0.3 is 0 Å². The number of hydrogen-bond donors (Lipinski definition) is 0. The van der Waals surface area contributed by atoms with Gasteiger partial charge in [-0.3, -0.25) is 0 Å². The van der Waals surface area contributed by atoms with Crippen LogP contribution in [0.2, 0.25) is 0 Å². The quantitative estimate of drug-likeness (QED) is 0.289. The van der Waals surface area contributed by atoms with Gasteiger partial charge in [0.25, 0.3) is 0 Å². The van der Waals surface area contributed by atoms with Crippen molar-refractivity contribution in [2.24, 2.45) is 5.16 Å². The summed E-state index contributed by atoms with van der Waals surface area (Å²) >= 11 is 5.90. The van der Waals surface area contributed by atoms with E-state index in [1.165, 1.54) is 0 Å². The fraction of sp³-hybridized carbons (Fsp3) is 0.280. The molecule has 0 saturated carbocycles. The van der Waals surface area contributed by atoms with Crippen LogP contribution < -0.4 is 4.74 Å². The van der Waals surface area contributed by atoms with Crippen molar-refractivity contribution in [3.8, 4) is 11.4 Å². The minimum Gasteiger partial charge on any atom is -0.495 e. The number of methoxy groups -OCH3 is 1. The Hall–Kier alpha value is -3.46. The Morgan fingerprint density at radius 2 is 1.89 bits per heavy atom. The van der Waals surface area contributed by atoms with Crippen molar-refractivity contribution in [1.82, 2.24) is 14.5 Å². The second-order valence-corrected chi connectivity index (χ2v) is 8.54. The monoisotopic (exact) mass is 504 g/mol.